The third-order valence-corrected chi connectivity index (χ3v) is 5.92. The Morgan fingerprint density at radius 1 is 1.04 bits per heavy atom. The van der Waals surface area contributed by atoms with Crippen molar-refractivity contribution in [3.05, 3.63) is 47.8 Å². The number of carbonyl (C=O) groups is 1. The van der Waals surface area contributed by atoms with Crippen LogP contribution in [0.15, 0.2) is 36.7 Å². The maximum absolute atomic E-state index is 13.2. The summed E-state index contributed by atoms with van der Waals surface area (Å²) in [5.41, 5.74) is 3.82. The predicted molar refractivity (Wildman–Crippen MR) is 91.6 cm³/mol. The van der Waals surface area contributed by atoms with Crippen molar-refractivity contribution < 1.29 is 4.79 Å². The van der Waals surface area contributed by atoms with Crippen molar-refractivity contribution in [2.45, 2.75) is 43.8 Å². The molecule has 2 bridgehead atoms. The first-order valence-electron chi connectivity index (χ1n) is 8.90. The molecule has 1 aromatic carbocycles. The molecule has 0 spiro atoms. The predicted octanol–water partition coefficient (Wildman–Crippen LogP) is 2.81. The van der Waals surface area contributed by atoms with E-state index in [0.29, 0.717) is 12.1 Å². The zero-order valence-corrected chi connectivity index (χ0v) is 13.9. The third kappa shape index (κ3) is 1.91. The van der Waals surface area contributed by atoms with E-state index >= 15 is 0 Å². The molecule has 5 nitrogen and oxygen atoms in total. The maximum atomic E-state index is 13.2. The second-order valence-corrected chi connectivity index (χ2v) is 7.21. The summed E-state index contributed by atoms with van der Waals surface area (Å²) in [7, 11) is 1.90. The van der Waals surface area contributed by atoms with Crippen LogP contribution in [0.2, 0.25) is 0 Å². The van der Waals surface area contributed by atoms with E-state index in [1.165, 1.54) is 24.0 Å². The first-order valence-corrected chi connectivity index (χ1v) is 8.90. The van der Waals surface area contributed by atoms with Gasteiger partial charge in [0.15, 0.2) is 0 Å². The zero-order chi connectivity index (χ0) is 16.3. The Bertz CT molecular complexity index is 767. The second kappa shape index (κ2) is 5.18. The fraction of sp³-hybridized carbons (Fsp3) is 0.474. The molecule has 4 heterocycles. The molecule has 1 amide bonds. The van der Waals surface area contributed by atoms with E-state index in [0.717, 1.165) is 25.1 Å². The average molecular weight is 322 g/mol. The van der Waals surface area contributed by atoms with Crippen molar-refractivity contribution in [1.29, 1.82) is 0 Å². The Hall–Kier alpha value is -2.14. The number of nitrogens with zero attached hydrogens (tertiary/aromatic N) is 4. The van der Waals surface area contributed by atoms with Crippen molar-refractivity contribution in [3.8, 4) is 0 Å². The minimum atomic E-state index is 0.00357. The molecule has 3 aliphatic heterocycles. The van der Waals surface area contributed by atoms with Gasteiger partial charge in [-0.3, -0.25) is 14.4 Å². The molecule has 124 valence electrons. The van der Waals surface area contributed by atoms with Crippen LogP contribution in [0.3, 0.4) is 0 Å². The zero-order valence-electron chi connectivity index (χ0n) is 13.9. The van der Waals surface area contributed by atoms with Crippen molar-refractivity contribution in [2.75, 3.05) is 11.4 Å². The molecule has 2 fully saturated rings. The Morgan fingerprint density at radius 3 is 2.38 bits per heavy atom. The molecule has 24 heavy (non-hydrogen) atoms. The lowest BCUT2D eigenvalue weighted by molar-refractivity contribution is -0.126. The lowest BCUT2D eigenvalue weighted by atomic mass is 9.92. The van der Waals surface area contributed by atoms with Gasteiger partial charge in [-0.2, -0.15) is 5.10 Å². The molecule has 0 unspecified atom stereocenters. The van der Waals surface area contributed by atoms with Crippen LogP contribution >= 0.6 is 0 Å². The molecule has 3 aliphatic rings. The van der Waals surface area contributed by atoms with Crippen LogP contribution in [-0.4, -0.2) is 33.2 Å². The van der Waals surface area contributed by atoms with Crippen LogP contribution in [0.25, 0.3) is 0 Å². The van der Waals surface area contributed by atoms with Gasteiger partial charge in [0.2, 0.25) is 5.91 Å². The lowest BCUT2D eigenvalue weighted by Crippen LogP contribution is -2.51. The number of rotatable bonds is 2. The molecular weight excluding hydrogens is 300 g/mol. The number of anilines is 1. The van der Waals surface area contributed by atoms with Crippen molar-refractivity contribution in [3.63, 3.8) is 0 Å². The topological polar surface area (TPSA) is 41.4 Å². The van der Waals surface area contributed by atoms with Gasteiger partial charge < -0.3 is 4.90 Å². The minimum Gasteiger partial charge on any atom is -0.308 e. The van der Waals surface area contributed by atoms with E-state index in [2.05, 4.69) is 34.3 Å². The van der Waals surface area contributed by atoms with E-state index in [4.69, 9.17) is 0 Å². The van der Waals surface area contributed by atoms with Gasteiger partial charge in [0.05, 0.1) is 17.9 Å². The smallest absolute Gasteiger partial charge is 0.244 e. The number of aromatic nitrogens is 2. The molecule has 0 aliphatic carbocycles. The Morgan fingerprint density at radius 2 is 1.75 bits per heavy atom. The second-order valence-electron chi connectivity index (χ2n) is 7.21. The number of benzene rings is 1. The SMILES string of the molecule is Cn1cc(N2CCC[C@@H](N3[C@H]4CC[C@H]3c3ccccc34)C2=O)cn1. The van der Waals surface area contributed by atoms with Crippen LogP contribution in [0.5, 0.6) is 0 Å². The van der Waals surface area contributed by atoms with Crippen LogP contribution < -0.4 is 4.90 Å². The molecule has 1 aromatic heterocycles. The van der Waals surface area contributed by atoms with Gasteiger partial charge in [0, 0.05) is 31.9 Å². The van der Waals surface area contributed by atoms with Gasteiger partial charge in [-0.25, -0.2) is 0 Å². The largest absolute Gasteiger partial charge is 0.308 e. The number of fused-ring (bicyclic) bond motifs is 5. The summed E-state index contributed by atoms with van der Waals surface area (Å²) in [6.45, 7) is 0.803. The van der Waals surface area contributed by atoms with Crippen LogP contribution in [-0.2, 0) is 11.8 Å². The fourth-order valence-electron chi connectivity index (χ4n) is 4.95. The van der Waals surface area contributed by atoms with Gasteiger partial charge in [0.1, 0.15) is 0 Å². The molecule has 0 radical (unpaired) electrons. The lowest BCUT2D eigenvalue weighted by Gasteiger charge is -2.38. The van der Waals surface area contributed by atoms with Gasteiger partial charge in [-0.15, -0.1) is 0 Å². The van der Waals surface area contributed by atoms with Gasteiger partial charge in [0.25, 0.3) is 0 Å². The fourth-order valence-corrected chi connectivity index (χ4v) is 4.95. The summed E-state index contributed by atoms with van der Waals surface area (Å²) in [6, 6.07) is 9.60. The molecule has 2 aromatic rings. The quantitative estimate of drug-likeness (QED) is 0.854. The van der Waals surface area contributed by atoms with Crippen LogP contribution in [0.4, 0.5) is 5.69 Å². The molecule has 0 N–H and O–H groups in total. The first kappa shape index (κ1) is 14.2. The van der Waals surface area contributed by atoms with E-state index < -0.39 is 0 Å². The highest BCUT2D eigenvalue weighted by Gasteiger charge is 2.49. The number of amides is 1. The maximum Gasteiger partial charge on any atom is 0.244 e. The number of hydrogen-bond donors (Lipinski definition) is 0. The van der Waals surface area contributed by atoms with E-state index in [9.17, 15) is 4.79 Å². The molecule has 0 saturated carbocycles. The average Bonchev–Trinajstić information content (AvgIpc) is 3.29. The summed E-state index contributed by atoms with van der Waals surface area (Å²) in [5.74, 6) is 0.249. The van der Waals surface area contributed by atoms with Gasteiger partial charge >= 0.3 is 0 Å². The summed E-state index contributed by atoms with van der Waals surface area (Å²) in [5, 5.41) is 4.23. The molecule has 2 saturated heterocycles. The molecule has 5 heteroatoms. The number of aryl methyl sites for hydroxylation is 1. The van der Waals surface area contributed by atoms with Gasteiger partial charge in [-0.05, 0) is 36.8 Å². The highest BCUT2D eigenvalue weighted by molar-refractivity contribution is 5.97. The standard InChI is InChI=1S/C19H22N4O/c1-21-12-13(11-20-21)22-10-4-7-18(19(22)24)23-16-8-9-17(23)15-6-3-2-5-14(15)16/h2-3,5-6,11-12,16-18H,4,7-10H2,1H3/t16-,17-,18+/m0/s1. The summed E-state index contributed by atoms with van der Waals surface area (Å²) >= 11 is 0. The normalized spacial score (nSPS) is 29.3. The van der Waals surface area contributed by atoms with E-state index in [1.54, 1.807) is 10.9 Å². The molecule has 3 atom stereocenters. The number of piperidine rings is 1. The Balaban J connectivity index is 1.47. The van der Waals surface area contributed by atoms with Crippen molar-refractivity contribution in [2.24, 2.45) is 7.05 Å². The highest BCUT2D eigenvalue weighted by Crippen LogP contribution is 2.54. The van der Waals surface area contributed by atoms with Gasteiger partial charge in [-0.1, -0.05) is 24.3 Å². The monoisotopic (exact) mass is 322 g/mol. The summed E-state index contributed by atoms with van der Waals surface area (Å²) in [6.07, 6.45) is 8.12. The molecular formula is C19H22N4O. The van der Waals surface area contributed by atoms with Crippen LogP contribution in [0, 0.1) is 0 Å². The molecule has 5 rings (SSSR count). The number of carbonyl (C=O) groups excluding carboxylic acids is 1. The Kier molecular flexibility index (Phi) is 3.07. The van der Waals surface area contributed by atoms with Crippen LogP contribution in [0.1, 0.15) is 48.9 Å². The van der Waals surface area contributed by atoms with E-state index in [1.807, 2.05) is 18.1 Å². The third-order valence-electron chi connectivity index (χ3n) is 5.92. The minimum absolute atomic E-state index is 0.00357. The highest BCUT2D eigenvalue weighted by atomic mass is 16.2. The van der Waals surface area contributed by atoms with E-state index in [-0.39, 0.29) is 11.9 Å². The van der Waals surface area contributed by atoms with Crippen molar-refractivity contribution in [1.82, 2.24) is 14.7 Å². The summed E-state index contributed by atoms with van der Waals surface area (Å²) < 4.78 is 1.77. The number of hydrogen-bond acceptors (Lipinski definition) is 3. The first-order chi connectivity index (χ1) is 11.7. The van der Waals surface area contributed by atoms with Crippen molar-refractivity contribution >= 4 is 11.6 Å². The summed E-state index contributed by atoms with van der Waals surface area (Å²) in [4.78, 5) is 17.7. The Labute approximate surface area is 141 Å².